The third kappa shape index (κ3) is 2.29. The molecule has 0 bridgehead atoms. The SMILES string of the molecule is COc1ccc(-n2nnnc2CC(=O)O)cc1C. The van der Waals surface area contributed by atoms with Crippen LogP contribution in [0.1, 0.15) is 11.4 Å². The van der Waals surface area contributed by atoms with Crippen LogP contribution in [0.3, 0.4) is 0 Å². The number of aromatic nitrogens is 4. The molecule has 7 heteroatoms. The van der Waals surface area contributed by atoms with E-state index in [1.807, 2.05) is 13.0 Å². The molecule has 0 unspecified atom stereocenters. The van der Waals surface area contributed by atoms with Crippen molar-refractivity contribution in [3.63, 3.8) is 0 Å². The number of nitrogens with zero attached hydrogens (tertiary/aromatic N) is 4. The van der Waals surface area contributed by atoms with Crippen LogP contribution < -0.4 is 4.74 Å². The molecule has 1 heterocycles. The van der Waals surface area contributed by atoms with Gasteiger partial charge in [0, 0.05) is 0 Å². The van der Waals surface area contributed by atoms with Crippen molar-refractivity contribution in [1.82, 2.24) is 20.2 Å². The molecule has 0 fully saturated rings. The first kappa shape index (κ1) is 12.0. The third-order valence-electron chi connectivity index (χ3n) is 2.47. The number of carbonyl (C=O) groups is 1. The predicted octanol–water partition coefficient (Wildman–Crippen LogP) is 0.606. The van der Waals surface area contributed by atoms with Crippen molar-refractivity contribution >= 4 is 5.97 Å². The molecule has 2 rings (SSSR count). The molecule has 0 atom stereocenters. The fourth-order valence-electron chi connectivity index (χ4n) is 1.65. The number of carboxylic acid groups (broad SMARTS) is 1. The highest BCUT2D eigenvalue weighted by Crippen LogP contribution is 2.20. The number of rotatable bonds is 4. The number of carboxylic acids is 1. The Bertz CT molecular complexity index is 579. The lowest BCUT2D eigenvalue weighted by atomic mass is 10.2. The first-order chi connectivity index (χ1) is 8.61. The zero-order valence-electron chi connectivity index (χ0n) is 9.99. The maximum absolute atomic E-state index is 10.7. The average Bonchev–Trinajstić information content (AvgIpc) is 2.76. The lowest BCUT2D eigenvalue weighted by Gasteiger charge is -2.07. The van der Waals surface area contributed by atoms with Crippen molar-refractivity contribution in [2.75, 3.05) is 7.11 Å². The molecule has 7 nitrogen and oxygen atoms in total. The summed E-state index contributed by atoms with van der Waals surface area (Å²) < 4.78 is 6.56. The van der Waals surface area contributed by atoms with Gasteiger partial charge in [-0.15, -0.1) is 5.10 Å². The Morgan fingerprint density at radius 1 is 1.50 bits per heavy atom. The van der Waals surface area contributed by atoms with Crippen LogP contribution >= 0.6 is 0 Å². The molecule has 0 spiro atoms. The topological polar surface area (TPSA) is 90.1 Å². The fraction of sp³-hybridized carbons (Fsp3) is 0.273. The van der Waals surface area contributed by atoms with Crippen LogP contribution in [-0.4, -0.2) is 38.4 Å². The molecule has 0 saturated heterocycles. The summed E-state index contributed by atoms with van der Waals surface area (Å²) in [5, 5.41) is 19.7. The second-order valence-corrected chi connectivity index (χ2v) is 3.73. The van der Waals surface area contributed by atoms with Crippen molar-refractivity contribution in [2.24, 2.45) is 0 Å². The minimum absolute atomic E-state index is 0.224. The minimum atomic E-state index is -0.976. The highest BCUT2D eigenvalue weighted by molar-refractivity contribution is 5.69. The molecular weight excluding hydrogens is 236 g/mol. The zero-order chi connectivity index (χ0) is 13.1. The standard InChI is InChI=1S/C11H12N4O3/c1-7-5-8(3-4-9(7)18-2)15-10(6-11(16)17)12-13-14-15/h3-5H,6H2,1-2H3,(H,16,17). The summed E-state index contributed by atoms with van der Waals surface area (Å²) >= 11 is 0. The monoisotopic (exact) mass is 248 g/mol. The van der Waals surface area contributed by atoms with Gasteiger partial charge in [-0.25, -0.2) is 0 Å². The Kier molecular flexibility index (Phi) is 3.22. The van der Waals surface area contributed by atoms with Gasteiger partial charge in [0.2, 0.25) is 0 Å². The summed E-state index contributed by atoms with van der Waals surface area (Å²) in [6.07, 6.45) is -0.224. The van der Waals surface area contributed by atoms with Gasteiger partial charge in [-0.1, -0.05) is 0 Å². The summed E-state index contributed by atoms with van der Waals surface area (Å²) in [5.74, 6) is 0.0648. The van der Waals surface area contributed by atoms with E-state index in [9.17, 15) is 4.79 Å². The largest absolute Gasteiger partial charge is 0.496 e. The Balaban J connectivity index is 2.40. The summed E-state index contributed by atoms with van der Waals surface area (Å²) in [6, 6.07) is 5.39. The summed E-state index contributed by atoms with van der Waals surface area (Å²) in [6.45, 7) is 1.89. The van der Waals surface area contributed by atoms with E-state index in [1.165, 1.54) is 4.68 Å². The van der Waals surface area contributed by atoms with Crippen molar-refractivity contribution in [3.8, 4) is 11.4 Å². The molecule has 0 saturated carbocycles. The van der Waals surface area contributed by atoms with Gasteiger partial charge >= 0.3 is 5.97 Å². The van der Waals surface area contributed by atoms with Gasteiger partial charge in [-0.05, 0) is 41.1 Å². The molecule has 0 aliphatic carbocycles. The number of hydrogen-bond donors (Lipinski definition) is 1. The van der Waals surface area contributed by atoms with Crippen LogP contribution in [0.2, 0.25) is 0 Å². The maximum atomic E-state index is 10.7. The molecule has 1 N–H and O–H groups in total. The molecule has 1 aromatic carbocycles. The number of benzene rings is 1. The Morgan fingerprint density at radius 3 is 2.89 bits per heavy atom. The van der Waals surface area contributed by atoms with E-state index in [4.69, 9.17) is 9.84 Å². The Hall–Kier alpha value is -2.44. The van der Waals surface area contributed by atoms with Crippen LogP contribution in [0.5, 0.6) is 5.75 Å². The summed E-state index contributed by atoms with van der Waals surface area (Å²) in [7, 11) is 1.59. The lowest BCUT2D eigenvalue weighted by Crippen LogP contribution is -2.09. The molecule has 0 radical (unpaired) electrons. The van der Waals surface area contributed by atoms with Gasteiger partial charge in [-0.3, -0.25) is 4.79 Å². The Morgan fingerprint density at radius 2 is 2.28 bits per heavy atom. The number of aryl methyl sites for hydroxylation is 1. The van der Waals surface area contributed by atoms with E-state index >= 15 is 0 Å². The molecule has 18 heavy (non-hydrogen) atoms. The molecule has 1 aromatic heterocycles. The Labute approximate surface area is 103 Å². The number of aliphatic carboxylic acids is 1. The van der Waals surface area contributed by atoms with Crippen LogP contribution in [0.15, 0.2) is 18.2 Å². The number of ether oxygens (including phenoxy) is 1. The molecule has 0 aliphatic heterocycles. The first-order valence-corrected chi connectivity index (χ1v) is 5.26. The van der Waals surface area contributed by atoms with Crippen molar-refractivity contribution in [3.05, 3.63) is 29.6 Å². The highest BCUT2D eigenvalue weighted by atomic mass is 16.5. The minimum Gasteiger partial charge on any atom is -0.496 e. The number of methoxy groups -OCH3 is 1. The second-order valence-electron chi connectivity index (χ2n) is 3.73. The van der Waals surface area contributed by atoms with E-state index in [-0.39, 0.29) is 12.2 Å². The fourth-order valence-corrected chi connectivity index (χ4v) is 1.65. The van der Waals surface area contributed by atoms with Crippen LogP contribution in [0, 0.1) is 6.92 Å². The van der Waals surface area contributed by atoms with Gasteiger partial charge < -0.3 is 9.84 Å². The predicted molar refractivity (Wildman–Crippen MR) is 61.8 cm³/mol. The average molecular weight is 248 g/mol. The van der Waals surface area contributed by atoms with Crippen molar-refractivity contribution < 1.29 is 14.6 Å². The smallest absolute Gasteiger partial charge is 0.311 e. The van der Waals surface area contributed by atoms with Gasteiger partial charge in [0.05, 0.1) is 12.8 Å². The molecule has 0 aliphatic rings. The molecule has 0 amide bonds. The maximum Gasteiger partial charge on any atom is 0.311 e. The van der Waals surface area contributed by atoms with Crippen LogP contribution in [0.25, 0.3) is 5.69 Å². The van der Waals surface area contributed by atoms with Gasteiger partial charge in [0.1, 0.15) is 12.2 Å². The van der Waals surface area contributed by atoms with E-state index in [0.29, 0.717) is 5.69 Å². The molecular formula is C11H12N4O3. The third-order valence-corrected chi connectivity index (χ3v) is 2.47. The summed E-state index contributed by atoms with van der Waals surface area (Å²) in [4.78, 5) is 10.7. The normalized spacial score (nSPS) is 10.3. The molecule has 94 valence electrons. The van der Waals surface area contributed by atoms with E-state index in [2.05, 4.69) is 15.5 Å². The number of hydrogen-bond acceptors (Lipinski definition) is 5. The quantitative estimate of drug-likeness (QED) is 0.852. The summed E-state index contributed by atoms with van der Waals surface area (Å²) in [5.41, 5.74) is 1.63. The van der Waals surface area contributed by atoms with E-state index < -0.39 is 5.97 Å². The molecule has 2 aromatic rings. The van der Waals surface area contributed by atoms with Crippen molar-refractivity contribution in [2.45, 2.75) is 13.3 Å². The van der Waals surface area contributed by atoms with Gasteiger partial charge in [-0.2, -0.15) is 4.68 Å². The lowest BCUT2D eigenvalue weighted by molar-refractivity contribution is -0.136. The van der Waals surface area contributed by atoms with Gasteiger partial charge in [0.25, 0.3) is 0 Å². The van der Waals surface area contributed by atoms with E-state index in [0.717, 1.165) is 11.3 Å². The van der Waals surface area contributed by atoms with Gasteiger partial charge in [0.15, 0.2) is 5.82 Å². The number of tetrazole rings is 1. The second kappa shape index (κ2) is 4.82. The highest BCUT2D eigenvalue weighted by Gasteiger charge is 2.12. The zero-order valence-corrected chi connectivity index (χ0v) is 9.99. The first-order valence-electron chi connectivity index (χ1n) is 5.26. The van der Waals surface area contributed by atoms with Crippen molar-refractivity contribution in [1.29, 1.82) is 0 Å². The van der Waals surface area contributed by atoms with E-state index in [1.54, 1.807) is 19.2 Å². The van der Waals surface area contributed by atoms with Crippen LogP contribution in [-0.2, 0) is 11.2 Å². The van der Waals surface area contributed by atoms with Crippen LogP contribution in [0.4, 0.5) is 0 Å².